The van der Waals surface area contributed by atoms with Crippen molar-refractivity contribution < 1.29 is 9.21 Å². The summed E-state index contributed by atoms with van der Waals surface area (Å²) < 4.78 is 5.26. The molecule has 1 aliphatic rings. The van der Waals surface area contributed by atoms with E-state index in [4.69, 9.17) is 4.42 Å². The van der Waals surface area contributed by atoms with Crippen LogP contribution in [0, 0.1) is 0 Å². The quantitative estimate of drug-likeness (QED) is 0.831. The smallest absolute Gasteiger partial charge is 0.287 e. The van der Waals surface area contributed by atoms with Crippen LogP contribution in [0.2, 0.25) is 0 Å². The van der Waals surface area contributed by atoms with Crippen LogP contribution in [-0.4, -0.2) is 12.5 Å². The van der Waals surface area contributed by atoms with Crippen LogP contribution in [0.1, 0.15) is 28.1 Å². The zero-order valence-electron chi connectivity index (χ0n) is 9.85. The highest BCUT2D eigenvalue weighted by Crippen LogP contribution is 2.27. The van der Waals surface area contributed by atoms with Gasteiger partial charge >= 0.3 is 0 Å². The predicted molar refractivity (Wildman–Crippen MR) is 70.0 cm³/mol. The van der Waals surface area contributed by atoms with E-state index in [0.29, 0.717) is 12.3 Å². The molecule has 3 heteroatoms. The molecule has 1 aliphatic heterocycles. The second-order valence-electron chi connectivity index (χ2n) is 4.25. The molecule has 18 heavy (non-hydrogen) atoms. The lowest BCUT2D eigenvalue weighted by atomic mass is 10.0. The van der Waals surface area contributed by atoms with Crippen molar-refractivity contribution in [1.82, 2.24) is 5.32 Å². The highest BCUT2D eigenvalue weighted by molar-refractivity contribution is 5.99. The van der Waals surface area contributed by atoms with Gasteiger partial charge in [-0.15, -0.1) is 0 Å². The summed E-state index contributed by atoms with van der Waals surface area (Å²) in [5, 5.41) is 2.83. The fraction of sp³-hybridized carbons (Fsp3) is 0.133. The Morgan fingerprint density at radius 2 is 2.00 bits per heavy atom. The molecular formula is C15H13NO2. The van der Waals surface area contributed by atoms with E-state index in [0.717, 1.165) is 23.1 Å². The minimum Gasteiger partial charge on any atom is -0.459 e. The fourth-order valence-corrected chi connectivity index (χ4v) is 2.16. The first-order valence-corrected chi connectivity index (χ1v) is 5.96. The molecule has 1 N–H and O–H groups in total. The first-order chi connectivity index (χ1) is 8.84. The van der Waals surface area contributed by atoms with Gasteiger partial charge in [0.05, 0.1) is 6.26 Å². The molecule has 90 valence electrons. The van der Waals surface area contributed by atoms with E-state index in [2.05, 4.69) is 11.4 Å². The van der Waals surface area contributed by atoms with E-state index in [1.807, 2.05) is 36.4 Å². The second-order valence-corrected chi connectivity index (χ2v) is 4.25. The van der Waals surface area contributed by atoms with Crippen LogP contribution in [0.3, 0.4) is 0 Å². The summed E-state index contributed by atoms with van der Waals surface area (Å²) in [7, 11) is 0. The van der Waals surface area contributed by atoms with Gasteiger partial charge < -0.3 is 9.73 Å². The third-order valence-electron chi connectivity index (χ3n) is 3.04. The maximum Gasteiger partial charge on any atom is 0.287 e. The van der Waals surface area contributed by atoms with Crippen molar-refractivity contribution in [2.75, 3.05) is 6.54 Å². The third-order valence-corrected chi connectivity index (χ3v) is 3.04. The number of furan rings is 1. The highest BCUT2D eigenvalue weighted by atomic mass is 16.3. The highest BCUT2D eigenvalue weighted by Gasteiger charge is 2.21. The van der Waals surface area contributed by atoms with E-state index >= 15 is 0 Å². The largest absolute Gasteiger partial charge is 0.459 e. The Morgan fingerprint density at radius 3 is 2.83 bits per heavy atom. The van der Waals surface area contributed by atoms with Crippen molar-refractivity contribution in [3.05, 3.63) is 59.5 Å². The lowest BCUT2D eigenvalue weighted by molar-refractivity contribution is 0.0928. The van der Waals surface area contributed by atoms with Gasteiger partial charge in [-0.25, -0.2) is 0 Å². The minimum absolute atomic E-state index is 0.133. The van der Waals surface area contributed by atoms with E-state index in [9.17, 15) is 4.79 Å². The average molecular weight is 239 g/mol. The third kappa shape index (κ3) is 1.95. The van der Waals surface area contributed by atoms with Crippen LogP contribution in [0.4, 0.5) is 0 Å². The maximum absolute atomic E-state index is 11.7. The summed E-state index contributed by atoms with van der Waals surface area (Å²) in [4.78, 5) is 11.7. The predicted octanol–water partition coefficient (Wildman–Crippen LogP) is 2.95. The summed E-state index contributed by atoms with van der Waals surface area (Å²) in [6, 6.07) is 11.9. The zero-order chi connectivity index (χ0) is 12.4. The van der Waals surface area contributed by atoms with Crippen LogP contribution >= 0.6 is 0 Å². The second kappa shape index (κ2) is 4.53. The Hall–Kier alpha value is -2.29. The molecule has 0 spiro atoms. The fourth-order valence-electron chi connectivity index (χ4n) is 2.16. The Kier molecular flexibility index (Phi) is 2.73. The molecular weight excluding hydrogens is 226 g/mol. The summed E-state index contributed by atoms with van der Waals surface area (Å²) in [5.74, 6) is 0.279. The molecule has 2 aromatic rings. The molecule has 0 bridgehead atoms. The lowest BCUT2D eigenvalue weighted by Crippen LogP contribution is -2.22. The average Bonchev–Trinajstić information content (AvgIpc) is 2.83. The van der Waals surface area contributed by atoms with Crippen molar-refractivity contribution in [1.29, 1.82) is 0 Å². The summed E-state index contributed by atoms with van der Waals surface area (Å²) >= 11 is 0. The number of nitrogens with one attached hydrogen (secondary N) is 1. The molecule has 0 saturated heterocycles. The van der Waals surface area contributed by atoms with Gasteiger partial charge in [-0.05, 0) is 23.6 Å². The Labute approximate surface area is 105 Å². The van der Waals surface area contributed by atoms with Crippen LogP contribution in [0.25, 0.3) is 11.6 Å². The van der Waals surface area contributed by atoms with E-state index in [-0.39, 0.29) is 5.91 Å². The van der Waals surface area contributed by atoms with Gasteiger partial charge in [0, 0.05) is 12.1 Å². The van der Waals surface area contributed by atoms with Gasteiger partial charge in [0.25, 0.3) is 5.91 Å². The van der Waals surface area contributed by atoms with Crippen molar-refractivity contribution >= 4 is 17.6 Å². The van der Waals surface area contributed by atoms with Gasteiger partial charge in [0.15, 0.2) is 5.76 Å². The van der Waals surface area contributed by atoms with Crippen LogP contribution in [0.15, 0.2) is 47.1 Å². The van der Waals surface area contributed by atoms with Gasteiger partial charge in [-0.3, -0.25) is 4.79 Å². The molecule has 0 aliphatic carbocycles. The van der Waals surface area contributed by atoms with E-state index in [1.54, 1.807) is 6.26 Å². The van der Waals surface area contributed by atoms with E-state index in [1.165, 1.54) is 0 Å². The van der Waals surface area contributed by atoms with E-state index < -0.39 is 0 Å². The zero-order valence-corrected chi connectivity index (χ0v) is 9.85. The standard InChI is InChI=1S/C15H13NO2/c17-15-14-13(7-9-18-14)12(6-8-16-15)10-11-4-2-1-3-5-11/h1-5,7,9-10H,6,8H2,(H,16,17)/b12-10-. The van der Waals surface area contributed by atoms with Crippen molar-refractivity contribution in [3.8, 4) is 0 Å². The molecule has 0 unspecified atom stereocenters. The molecule has 0 fully saturated rings. The lowest BCUT2D eigenvalue weighted by Gasteiger charge is -2.02. The van der Waals surface area contributed by atoms with Crippen LogP contribution < -0.4 is 5.32 Å². The Morgan fingerprint density at radius 1 is 1.17 bits per heavy atom. The van der Waals surface area contributed by atoms with Crippen molar-refractivity contribution in [2.24, 2.45) is 0 Å². The van der Waals surface area contributed by atoms with Crippen LogP contribution in [0.5, 0.6) is 0 Å². The Bertz CT molecular complexity index is 596. The molecule has 3 nitrogen and oxygen atoms in total. The van der Waals surface area contributed by atoms with Crippen LogP contribution in [-0.2, 0) is 0 Å². The molecule has 3 rings (SSSR count). The SMILES string of the molecule is O=C1NCC/C(=C/c2ccccc2)c2ccoc21. The first kappa shape index (κ1) is 10.8. The molecule has 1 amide bonds. The number of hydrogen-bond acceptors (Lipinski definition) is 2. The van der Waals surface area contributed by atoms with Gasteiger partial charge in [0.1, 0.15) is 0 Å². The maximum atomic E-state index is 11.7. The molecule has 1 aromatic heterocycles. The Balaban J connectivity index is 2.06. The monoisotopic (exact) mass is 239 g/mol. The van der Waals surface area contributed by atoms with Gasteiger partial charge in [-0.1, -0.05) is 36.4 Å². The van der Waals surface area contributed by atoms with Gasteiger partial charge in [-0.2, -0.15) is 0 Å². The summed E-state index contributed by atoms with van der Waals surface area (Å²) in [6.07, 6.45) is 4.48. The molecule has 0 atom stereocenters. The van der Waals surface area contributed by atoms with Gasteiger partial charge in [0.2, 0.25) is 0 Å². The molecule has 1 aromatic carbocycles. The molecule has 0 radical (unpaired) electrons. The number of fused-ring (bicyclic) bond motifs is 1. The first-order valence-electron chi connectivity index (χ1n) is 5.96. The number of hydrogen-bond donors (Lipinski definition) is 1. The number of carbonyl (C=O) groups excluding carboxylic acids is 1. The topological polar surface area (TPSA) is 42.2 Å². The number of rotatable bonds is 1. The summed E-state index contributed by atoms with van der Waals surface area (Å²) in [6.45, 7) is 0.641. The summed E-state index contributed by atoms with van der Waals surface area (Å²) in [5.41, 5.74) is 3.16. The minimum atomic E-state index is -0.133. The number of benzene rings is 1. The molecule has 0 saturated carbocycles. The normalized spacial score (nSPS) is 17.1. The van der Waals surface area contributed by atoms with Crippen molar-refractivity contribution in [3.63, 3.8) is 0 Å². The molecule has 2 heterocycles. The number of amides is 1. The van der Waals surface area contributed by atoms with Crippen molar-refractivity contribution in [2.45, 2.75) is 6.42 Å². The number of carbonyl (C=O) groups is 1.